The first-order valence-electron chi connectivity index (χ1n) is 8.22. The lowest BCUT2D eigenvalue weighted by Crippen LogP contribution is -2.10. The van der Waals surface area contributed by atoms with Crippen LogP contribution in [0.15, 0.2) is 55.1 Å². The lowest BCUT2D eigenvalue weighted by atomic mass is 9.86. The lowest BCUT2D eigenvalue weighted by molar-refractivity contribution is 0.106. The summed E-state index contributed by atoms with van der Waals surface area (Å²) in [6.07, 6.45) is 0. The molecule has 0 aliphatic heterocycles. The van der Waals surface area contributed by atoms with Gasteiger partial charge in [0.05, 0.1) is 12.0 Å². The number of carbonyl (C=O) groups excluding carboxylic acids is 1. The molecular weight excluding hydrogens is 328 g/mol. The molecule has 0 aliphatic rings. The molecular formula is C22H22O2S. The van der Waals surface area contributed by atoms with E-state index >= 15 is 0 Å². The highest BCUT2D eigenvalue weighted by molar-refractivity contribution is 7.21. The van der Waals surface area contributed by atoms with Crippen LogP contribution in [0.4, 0.5) is 0 Å². The number of carbonyl (C=O) groups is 1. The second-order valence-corrected chi connectivity index (χ2v) is 8.23. The standard InChI is InChI=1S/C22H22O2S/c1-14(15-6-9-17(10-7-15)22(2,3)4)21(23)20-12-16-8-11-18(24-5)13-19(16)25-20/h6-13H,1H2,2-5H3. The molecule has 0 amide bonds. The number of Topliss-reactive ketones (excluding diaryl/α,β-unsaturated/α-hetero) is 1. The zero-order valence-electron chi connectivity index (χ0n) is 15.1. The van der Waals surface area contributed by atoms with Crippen molar-refractivity contribution >= 4 is 32.8 Å². The van der Waals surface area contributed by atoms with Gasteiger partial charge in [-0.3, -0.25) is 4.79 Å². The van der Waals surface area contributed by atoms with Crippen LogP contribution >= 0.6 is 11.3 Å². The largest absolute Gasteiger partial charge is 0.497 e. The summed E-state index contributed by atoms with van der Waals surface area (Å²) in [5.74, 6) is 0.772. The van der Waals surface area contributed by atoms with E-state index in [4.69, 9.17) is 4.74 Å². The molecule has 3 heteroatoms. The molecule has 0 unspecified atom stereocenters. The second kappa shape index (κ2) is 6.49. The maximum Gasteiger partial charge on any atom is 0.202 e. The second-order valence-electron chi connectivity index (χ2n) is 7.15. The van der Waals surface area contributed by atoms with Crippen molar-refractivity contribution in [2.24, 2.45) is 0 Å². The Balaban J connectivity index is 1.88. The van der Waals surface area contributed by atoms with Crippen molar-refractivity contribution in [1.29, 1.82) is 0 Å². The van der Waals surface area contributed by atoms with Crippen LogP contribution in [0.25, 0.3) is 15.7 Å². The maximum atomic E-state index is 12.8. The minimum atomic E-state index is -0.0244. The highest BCUT2D eigenvalue weighted by Gasteiger charge is 2.17. The van der Waals surface area contributed by atoms with E-state index in [0.717, 1.165) is 21.4 Å². The molecule has 0 spiro atoms. The average molecular weight is 350 g/mol. The van der Waals surface area contributed by atoms with Crippen molar-refractivity contribution in [1.82, 2.24) is 0 Å². The van der Waals surface area contributed by atoms with Gasteiger partial charge in [0.15, 0.2) is 0 Å². The first-order chi connectivity index (χ1) is 11.8. The van der Waals surface area contributed by atoms with Crippen LogP contribution in [0.3, 0.4) is 0 Å². The van der Waals surface area contributed by atoms with Crippen LogP contribution in [-0.2, 0) is 5.41 Å². The predicted molar refractivity (Wildman–Crippen MR) is 107 cm³/mol. The third kappa shape index (κ3) is 3.52. The van der Waals surface area contributed by atoms with Gasteiger partial charge in [-0.05, 0) is 46.2 Å². The predicted octanol–water partition coefficient (Wildman–Crippen LogP) is 6.10. The van der Waals surface area contributed by atoms with E-state index in [-0.39, 0.29) is 11.2 Å². The molecule has 25 heavy (non-hydrogen) atoms. The smallest absolute Gasteiger partial charge is 0.202 e. The monoisotopic (exact) mass is 350 g/mol. The summed E-state index contributed by atoms with van der Waals surface area (Å²) < 4.78 is 6.29. The molecule has 0 saturated heterocycles. The van der Waals surface area contributed by atoms with Crippen molar-refractivity contribution in [3.63, 3.8) is 0 Å². The summed E-state index contributed by atoms with van der Waals surface area (Å²) in [6.45, 7) is 10.6. The number of methoxy groups -OCH3 is 1. The van der Waals surface area contributed by atoms with Crippen molar-refractivity contribution in [2.75, 3.05) is 7.11 Å². The lowest BCUT2D eigenvalue weighted by Gasteiger charge is -2.19. The third-order valence-electron chi connectivity index (χ3n) is 4.32. The molecule has 0 radical (unpaired) electrons. The zero-order valence-corrected chi connectivity index (χ0v) is 15.9. The van der Waals surface area contributed by atoms with Gasteiger partial charge in [-0.1, -0.05) is 51.6 Å². The van der Waals surface area contributed by atoms with Gasteiger partial charge in [-0.25, -0.2) is 0 Å². The van der Waals surface area contributed by atoms with Gasteiger partial charge in [-0.15, -0.1) is 11.3 Å². The SMILES string of the molecule is C=C(C(=O)c1cc2ccc(OC)cc2s1)c1ccc(C(C)(C)C)cc1. The number of ether oxygens (including phenoxy) is 1. The van der Waals surface area contributed by atoms with Crippen LogP contribution in [0, 0.1) is 0 Å². The fourth-order valence-corrected chi connectivity index (χ4v) is 3.76. The van der Waals surface area contributed by atoms with Gasteiger partial charge >= 0.3 is 0 Å². The fourth-order valence-electron chi connectivity index (χ4n) is 2.70. The van der Waals surface area contributed by atoms with Crippen molar-refractivity contribution in [3.8, 4) is 5.75 Å². The molecule has 3 rings (SSSR count). The topological polar surface area (TPSA) is 26.3 Å². The molecule has 1 heterocycles. The van der Waals surface area contributed by atoms with Crippen LogP contribution in [0.5, 0.6) is 5.75 Å². The third-order valence-corrected chi connectivity index (χ3v) is 5.42. The molecule has 3 aromatic rings. The Morgan fingerprint density at radius 1 is 1.04 bits per heavy atom. The molecule has 0 aliphatic carbocycles. The van der Waals surface area contributed by atoms with E-state index in [1.54, 1.807) is 7.11 Å². The molecule has 0 fully saturated rings. The highest BCUT2D eigenvalue weighted by Crippen LogP contribution is 2.32. The molecule has 2 nitrogen and oxygen atoms in total. The van der Waals surface area contributed by atoms with E-state index in [2.05, 4.69) is 39.5 Å². The molecule has 0 N–H and O–H groups in total. The quantitative estimate of drug-likeness (QED) is 0.419. The Labute approximate surface area is 152 Å². The molecule has 1 aromatic heterocycles. The molecule has 0 saturated carbocycles. The van der Waals surface area contributed by atoms with Crippen molar-refractivity contribution < 1.29 is 9.53 Å². The Morgan fingerprint density at radius 3 is 2.32 bits per heavy atom. The Bertz CT molecular complexity index is 940. The number of hydrogen-bond acceptors (Lipinski definition) is 3. The molecule has 2 aromatic carbocycles. The van der Waals surface area contributed by atoms with Crippen LogP contribution in [0.2, 0.25) is 0 Å². The van der Waals surface area contributed by atoms with Gasteiger partial charge in [-0.2, -0.15) is 0 Å². The molecule has 128 valence electrons. The van der Waals surface area contributed by atoms with Crippen LogP contribution < -0.4 is 4.74 Å². The first-order valence-corrected chi connectivity index (χ1v) is 9.03. The summed E-state index contributed by atoms with van der Waals surface area (Å²) in [7, 11) is 1.64. The summed E-state index contributed by atoms with van der Waals surface area (Å²) in [5, 5.41) is 1.05. The van der Waals surface area contributed by atoms with Gasteiger partial charge in [0.25, 0.3) is 0 Å². The maximum absolute atomic E-state index is 12.8. The zero-order chi connectivity index (χ0) is 18.2. The highest BCUT2D eigenvalue weighted by atomic mass is 32.1. The number of benzene rings is 2. The number of fused-ring (bicyclic) bond motifs is 1. The Kier molecular flexibility index (Phi) is 4.53. The number of allylic oxidation sites excluding steroid dienone is 1. The molecule has 0 bridgehead atoms. The number of rotatable bonds is 4. The summed E-state index contributed by atoms with van der Waals surface area (Å²) in [4.78, 5) is 13.5. The molecule has 0 atom stereocenters. The van der Waals surface area contributed by atoms with E-state index < -0.39 is 0 Å². The normalized spacial score (nSPS) is 11.5. The summed E-state index contributed by atoms with van der Waals surface area (Å²) in [5.41, 5.74) is 2.73. The summed E-state index contributed by atoms with van der Waals surface area (Å²) in [6, 6.07) is 15.9. The average Bonchev–Trinajstić information content (AvgIpc) is 3.02. The Hall–Kier alpha value is -2.39. The van der Waals surface area contributed by atoms with Gasteiger partial charge in [0.2, 0.25) is 5.78 Å². The van der Waals surface area contributed by atoms with E-state index in [1.165, 1.54) is 16.9 Å². The van der Waals surface area contributed by atoms with Crippen molar-refractivity contribution in [3.05, 3.63) is 71.1 Å². The number of thiophene rings is 1. The van der Waals surface area contributed by atoms with Crippen molar-refractivity contribution in [2.45, 2.75) is 26.2 Å². The van der Waals surface area contributed by atoms with E-state index in [1.807, 2.05) is 36.4 Å². The van der Waals surface area contributed by atoms with E-state index in [9.17, 15) is 4.79 Å². The van der Waals surface area contributed by atoms with Gasteiger partial charge < -0.3 is 4.74 Å². The minimum Gasteiger partial charge on any atom is -0.497 e. The van der Waals surface area contributed by atoms with Crippen LogP contribution in [0.1, 0.15) is 41.6 Å². The fraction of sp³-hybridized carbons (Fsp3) is 0.227. The Morgan fingerprint density at radius 2 is 1.72 bits per heavy atom. The minimum absolute atomic E-state index is 0.0244. The number of ketones is 1. The first kappa shape index (κ1) is 17.4. The summed E-state index contributed by atoms with van der Waals surface area (Å²) >= 11 is 1.47. The number of hydrogen-bond donors (Lipinski definition) is 0. The van der Waals surface area contributed by atoms with Crippen LogP contribution in [-0.4, -0.2) is 12.9 Å². The van der Waals surface area contributed by atoms with Gasteiger partial charge in [0, 0.05) is 10.3 Å². The van der Waals surface area contributed by atoms with E-state index in [0.29, 0.717) is 10.5 Å². The van der Waals surface area contributed by atoms with Gasteiger partial charge in [0.1, 0.15) is 5.75 Å².